The second kappa shape index (κ2) is 8.88. The number of rotatable bonds is 4. The average Bonchev–Trinajstić information content (AvgIpc) is 3.26. The van der Waals surface area contributed by atoms with Gasteiger partial charge in [-0.05, 0) is 54.3 Å². The van der Waals surface area contributed by atoms with Gasteiger partial charge in [0.1, 0.15) is 11.1 Å². The molecule has 2 aliphatic heterocycles. The van der Waals surface area contributed by atoms with E-state index in [1.807, 2.05) is 29.8 Å². The van der Waals surface area contributed by atoms with Crippen molar-refractivity contribution in [3.05, 3.63) is 52.0 Å². The van der Waals surface area contributed by atoms with Crippen LogP contribution in [0, 0.1) is 5.82 Å². The number of sulfonamides is 1. The van der Waals surface area contributed by atoms with Gasteiger partial charge in [0.05, 0.1) is 0 Å². The SMILES string of the molecule is CC(=O)N1CCN(c2ccc(CN3[C@@H](C)CC[C@@H](c4ccsc4)S3(=O)=O)c(F)c2)CC1. The molecule has 0 bridgehead atoms. The summed E-state index contributed by atoms with van der Waals surface area (Å²) < 4.78 is 43.1. The van der Waals surface area contributed by atoms with E-state index in [0.717, 1.165) is 17.7 Å². The molecule has 2 aliphatic rings. The van der Waals surface area contributed by atoms with Gasteiger partial charge in [0, 0.05) is 56.9 Å². The van der Waals surface area contributed by atoms with Crippen LogP contribution in [-0.2, 0) is 21.4 Å². The number of thiophene rings is 1. The maximum absolute atomic E-state index is 15.0. The van der Waals surface area contributed by atoms with Crippen molar-refractivity contribution in [2.45, 2.75) is 44.5 Å². The third-order valence-corrected chi connectivity index (χ3v) is 9.46. The molecule has 31 heavy (non-hydrogen) atoms. The van der Waals surface area contributed by atoms with Gasteiger partial charge in [-0.25, -0.2) is 12.8 Å². The molecule has 2 aromatic rings. The lowest BCUT2D eigenvalue weighted by atomic mass is 10.1. The van der Waals surface area contributed by atoms with Crippen LogP contribution in [0.2, 0.25) is 0 Å². The summed E-state index contributed by atoms with van der Waals surface area (Å²) in [4.78, 5) is 15.3. The highest BCUT2D eigenvalue weighted by molar-refractivity contribution is 7.89. The fraction of sp³-hybridized carbons (Fsp3) is 0.500. The molecule has 1 aromatic carbocycles. The Labute approximate surface area is 187 Å². The van der Waals surface area contributed by atoms with Crippen LogP contribution in [0.15, 0.2) is 35.0 Å². The molecule has 6 nitrogen and oxygen atoms in total. The summed E-state index contributed by atoms with van der Waals surface area (Å²) in [6, 6.07) is 6.72. The van der Waals surface area contributed by atoms with Crippen molar-refractivity contribution >= 4 is 33.0 Å². The zero-order chi connectivity index (χ0) is 22.2. The maximum Gasteiger partial charge on any atom is 0.221 e. The quantitative estimate of drug-likeness (QED) is 0.692. The van der Waals surface area contributed by atoms with Crippen molar-refractivity contribution in [3.63, 3.8) is 0 Å². The van der Waals surface area contributed by atoms with Gasteiger partial charge >= 0.3 is 0 Å². The number of carbonyl (C=O) groups excluding carboxylic acids is 1. The Kier molecular flexibility index (Phi) is 6.37. The van der Waals surface area contributed by atoms with Gasteiger partial charge in [-0.2, -0.15) is 15.6 Å². The predicted molar refractivity (Wildman–Crippen MR) is 121 cm³/mol. The molecule has 2 saturated heterocycles. The number of benzene rings is 1. The molecule has 4 rings (SSSR count). The Morgan fingerprint density at radius 2 is 1.90 bits per heavy atom. The first-order valence-electron chi connectivity index (χ1n) is 10.6. The minimum Gasteiger partial charge on any atom is -0.368 e. The maximum atomic E-state index is 15.0. The van der Waals surface area contributed by atoms with E-state index < -0.39 is 21.1 Å². The molecule has 0 N–H and O–H groups in total. The van der Waals surface area contributed by atoms with Crippen LogP contribution in [0.3, 0.4) is 0 Å². The Bertz CT molecular complexity index is 1030. The second-order valence-electron chi connectivity index (χ2n) is 8.33. The lowest BCUT2D eigenvalue weighted by Crippen LogP contribution is -2.48. The topological polar surface area (TPSA) is 60.9 Å². The van der Waals surface area contributed by atoms with Crippen molar-refractivity contribution < 1.29 is 17.6 Å². The molecule has 0 spiro atoms. The number of carbonyl (C=O) groups is 1. The molecule has 1 amide bonds. The van der Waals surface area contributed by atoms with Crippen molar-refractivity contribution in [2.75, 3.05) is 31.1 Å². The third kappa shape index (κ3) is 4.49. The monoisotopic (exact) mass is 465 g/mol. The minimum atomic E-state index is -3.57. The molecule has 2 atom stereocenters. The van der Waals surface area contributed by atoms with Gasteiger partial charge in [-0.15, -0.1) is 0 Å². The highest BCUT2D eigenvalue weighted by Crippen LogP contribution is 2.39. The standard InChI is InChI=1S/C22H28FN3O3S2/c1-16-3-6-22(19-7-12-30-15-19)31(28,29)26(16)14-18-4-5-20(13-21(18)23)25-10-8-24(9-11-25)17(2)27/h4-5,7,12-13,15-16,22H,3,6,8-11,14H2,1-2H3/t16-,22-/m0/s1. The molecule has 0 unspecified atom stereocenters. The summed E-state index contributed by atoms with van der Waals surface area (Å²) >= 11 is 1.49. The number of anilines is 1. The third-order valence-electron chi connectivity index (χ3n) is 6.39. The number of hydrogen-bond acceptors (Lipinski definition) is 5. The highest BCUT2D eigenvalue weighted by atomic mass is 32.2. The van der Waals surface area contributed by atoms with Crippen LogP contribution in [-0.4, -0.2) is 55.8 Å². The first-order chi connectivity index (χ1) is 14.8. The lowest BCUT2D eigenvalue weighted by Gasteiger charge is -2.37. The van der Waals surface area contributed by atoms with E-state index in [-0.39, 0.29) is 18.5 Å². The van der Waals surface area contributed by atoms with Crippen LogP contribution in [0.4, 0.5) is 10.1 Å². The van der Waals surface area contributed by atoms with Crippen LogP contribution in [0.5, 0.6) is 0 Å². The molecule has 1 aromatic heterocycles. The van der Waals surface area contributed by atoms with Gasteiger partial charge in [-0.1, -0.05) is 6.07 Å². The average molecular weight is 466 g/mol. The first kappa shape index (κ1) is 22.2. The van der Waals surface area contributed by atoms with Crippen LogP contribution in [0.1, 0.15) is 43.1 Å². The molecule has 168 valence electrons. The lowest BCUT2D eigenvalue weighted by molar-refractivity contribution is -0.129. The van der Waals surface area contributed by atoms with E-state index in [2.05, 4.69) is 4.90 Å². The van der Waals surface area contributed by atoms with Crippen molar-refractivity contribution in [2.24, 2.45) is 0 Å². The largest absolute Gasteiger partial charge is 0.368 e. The van der Waals surface area contributed by atoms with Crippen LogP contribution < -0.4 is 4.90 Å². The molecule has 0 saturated carbocycles. The summed E-state index contributed by atoms with van der Waals surface area (Å²) in [7, 11) is -3.57. The molecule has 3 heterocycles. The number of hydrogen-bond donors (Lipinski definition) is 0. The Morgan fingerprint density at radius 1 is 1.16 bits per heavy atom. The molecular weight excluding hydrogens is 437 g/mol. The van der Waals surface area contributed by atoms with Gasteiger partial charge in [0.2, 0.25) is 15.9 Å². The fourth-order valence-corrected chi connectivity index (χ4v) is 7.43. The number of halogens is 1. The summed E-state index contributed by atoms with van der Waals surface area (Å²) in [6.45, 7) is 6.02. The van der Waals surface area contributed by atoms with Gasteiger partial charge in [0.25, 0.3) is 0 Å². The summed E-state index contributed by atoms with van der Waals surface area (Å²) in [5, 5.41) is 3.22. The zero-order valence-electron chi connectivity index (χ0n) is 17.8. The van der Waals surface area contributed by atoms with Gasteiger partial charge < -0.3 is 9.80 Å². The van der Waals surface area contributed by atoms with Crippen LogP contribution in [0.25, 0.3) is 0 Å². The van der Waals surface area contributed by atoms with Crippen LogP contribution >= 0.6 is 11.3 Å². The van der Waals surface area contributed by atoms with E-state index in [9.17, 15) is 13.2 Å². The summed E-state index contributed by atoms with van der Waals surface area (Å²) in [5.41, 5.74) is 1.96. The van der Waals surface area contributed by atoms with E-state index in [4.69, 9.17) is 0 Å². The Morgan fingerprint density at radius 3 is 2.52 bits per heavy atom. The van der Waals surface area contributed by atoms with Crippen molar-refractivity contribution in [1.82, 2.24) is 9.21 Å². The first-order valence-corrected chi connectivity index (χ1v) is 13.0. The van der Waals surface area contributed by atoms with E-state index in [1.54, 1.807) is 17.9 Å². The van der Waals surface area contributed by atoms with Crippen molar-refractivity contribution in [1.29, 1.82) is 0 Å². The minimum absolute atomic E-state index is 0.0361. The summed E-state index contributed by atoms with van der Waals surface area (Å²) in [6.07, 6.45) is 1.34. The highest BCUT2D eigenvalue weighted by Gasteiger charge is 2.40. The zero-order valence-corrected chi connectivity index (χ0v) is 19.5. The molecule has 0 radical (unpaired) electrons. The van der Waals surface area contributed by atoms with Gasteiger partial charge in [0.15, 0.2) is 0 Å². The number of piperazine rings is 1. The number of nitrogens with zero attached hydrogens (tertiary/aromatic N) is 3. The van der Waals surface area contributed by atoms with E-state index in [0.29, 0.717) is 38.2 Å². The Balaban J connectivity index is 1.50. The number of amides is 1. The van der Waals surface area contributed by atoms with E-state index in [1.165, 1.54) is 21.7 Å². The smallest absolute Gasteiger partial charge is 0.221 e. The normalized spacial score (nSPS) is 24.4. The van der Waals surface area contributed by atoms with Gasteiger partial charge in [-0.3, -0.25) is 4.79 Å². The van der Waals surface area contributed by atoms with Crippen molar-refractivity contribution in [3.8, 4) is 0 Å². The van der Waals surface area contributed by atoms with E-state index >= 15 is 4.39 Å². The fourth-order valence-electron chi connectivity index (χ4n) is 4.45. The molecule has 0 aliphatic carbocycles. The predicted octanol–water partition coefficient (Wildman–Crippen LogP) is 3.61. The second-order valence-corrected chi connectivity index (χ2v) is 11.2. The summed E-state index contributed by atoms with van der Waals surface area (Å²) in [5.74, 6) is -0.342. The molecule has 2 fully saturated rings. The Hall–Kier alpha value is -1.97. The molecular formula is C22H28FN3O3S2. The molecule has 9 heteroatoms.